The number of rotatable bonds is 4. The van der Waals surface area contributed by atoms with Crippen LogP contribution in [0.2, 0.25) is 0 Å². The van der Waals surface area contributed by atoms with Gasteiger partial charge in [0.05, 0.1) is 6.54 Å². The molecule has 0 spiro atoms. The van der Waals surface area contributed by atoms with Gasteiger partial charge in [0.1, 0.15) is 6.10 Å². The number of nitrogens with two attached hydrogens (primary N) is 1. The summed E-state index contributed by atoms with van der Waals surface area (Å²) in [4.78, 5) is 10.9. The highest BCUT2D eigenvalue weighted by atomic mass is 32.1. The van der Waals surface area contributed by atoms with Crippen molar-refractivity contribution in [2.24, 2.45) is 5.73 Å². The van der Waals surface area contributed by atoms with Crippen LogP contribution in [-0.4, -0.2) is 23.9 Å². The smallest absolute Gasteiger partial charge is 0.319 e. The van der Waals surface area contributed by atoms with Gasteiger partial charge in [-0.3, -0.25) is 4.79 Å². The molecular formula is C14H23NO2S. The van der Waals surface area contributed by atoms with Gasteiger partial charge in [-0.05, 0) is 17.7 Å². The van der Waals surface area contributed by atoms with E-state index in [1.54, 1.807) is 0 Å². The van der Waals surface area contributed by atoms with Gasteiger partial charge < -0.3 is 10.5 Å². The minimum atomic E-state index is -0.353. The number of hydrogen-bond acceptors (Lipinski definition) is 4. The SMILES string of the molecule is CC(C)S.CC(Cc1ccccc1)OC(=O)CN. The van der Waals surface area contributed by atoms with E-state index in [9.17, 15) is 4.79 Å². The molecule has 0 aromatic heterocycles. The average molecular weight is 269 g/mol. The number of hydrogen-bond donors (Lipinski definition) is 2. The van der Waals surface area contributed by atoms with Crippen molar-refractivity contribution in [1.82, 2.24) is 0 Å². The highest BCUT2D eigenvalue weighted by Gasteiger charge is 2.07. The standard InChI is InChI=1S/C11H15NO2.C3H8S/c1-9(14-11(13)8-12)7-10-5-3-2-4-6-10;1-3(2)4/h2-6,9H,7-8,12H2,1H3;3-4H,1-2H3. The molecule has 1 aromatic carbocycles. The summed E-state index contributed by atoms with van der Waals surface area (Å²) in [5.41, 5.74) is 6.30. The second-order valence-electron chi connectivity index (χ2n) is 4.29. The minimum Gasteiger partial charge on any atom is -0.461 e. The molecule has 0 heterocycles. The predicted octanol–water partition coefficient (Wildman–Crippen LogP) is 2.44. The summed E-state index contributed by atoms with van der Waals surface area (Å²) in [5, 5.41) is 0.528. The maximum absolute atomic E-state index is 10.9. The van der Waals surface area contributed by atoms with Crippen molar-refractivity contribution in [2.75, 3.05) is 6.54 Å². The quantitative estimate of drug-likeness (QED) is 0.652. The van der Waals surface area contributed by atoms with Crippen molar-refractivity contribution >= 4 is 18.6 Å². The molecule has 1 unspecified atom stereocenters. The fourth-order valence-electron chi connectivity index (χ4n) is 1.26. The molecule has 0 saturated heterocycles. The first-order valence-electron chi connectivity index (χ1n) is 6.07. The van der Waals surface area contributed by atoms with Crippen LogP contribution in [0.15, 0.2) is 30.3 Å². The zero-order valence-corrected chi connectivity index (χ0v) is 12.2. The summed E-state index contributed by atoms with van der Waals surface area (Å²) >= 11 is 3.97. The molecule has 1 aromatic rings. The third kappa shape index (κ3) is 10.2. The third-order valence-electron chi connectivity index (χ3n) is 1.87. The van der Waals surface area contributed by atoms with Gasteiger partial charge >= 0.3 is 5.97 Å². The van der Waals surface area contributed by atoms with Crippen LogP contribution in [0, 0.1) is 0 Å². The molecule has 1 rings (SSSR count). The van der Waals surface area contributed by atoms with E-state index >= 15 is 0 Å². The van der Waals surface area contributed by atoms with E-state index in [4.69, 9.17) is 10.5 Å². The number of esters is 1. The first kappa shape index (κ1) is 17.0. The topological polar surface area (TPSA) is 52.3 Å². The fraction of sp³-hybridized carbons (Fsp3) is 0.500. The largest absolute Gasteiger partial charge is 0.461 e. The maximum atomic E-state index is 10.9. The molecule has 0 bridgehead atoms. The Labute approximate surface area is 115 Å². The summed E-state index contributed by atoms with van der Waals surface area (Å²) in [5.74, 6) is -0.353. The first-order valence-corrected chi connectivity index (χ1v) is 6.58. The van der Waals surface area contributed by atoms with Crippen LogP contribution < -0.4 is 5.73 Å². The van der Waals surface area contributed by atoms with Gasteiger partial charge in [-0.25, -0.2) is 0 Å². The predicted molar refractivity (Wildman–Crippen MR) is 78.9 cm³/mol. The monoisotopic (exact) mass is 269 g/mol. The number of carbonyl (C=O) groups is 1. The first-order chi connectivity index (χ1) is 8.45. The van der Waals surface area contributed by atoms with Crippen molar-refractivity contribution in [3.63, 3.8) is 0 Å². The summed E-state index contributed by atoms with van der Waals surface area (Å²) in [6, 6.07) is 9.90. The van der Waals surface area contributed by atoms with Crippen LogP contribution in [0.25, 0.3) is 0 Å². The van der Waals surface area contributed by atoms with Gasteiger partial charge in [-0.2, -0.15) is 12.6 Å². The Morgan fingerprint density at radius 1 is 1.28 bits per heavy atom. The molecule has 0 aliphatic heterocycles. The van der Waals surface area contributed by atoms with Crippen LogP contribution in [0.3, 0.4) is 0 Å². The van der Waals surface area contributed by atoms with Crippen molar-refractivity contribution in [1.29, 1.82) is 0 Å². The lowest BCUT2D eigenvalue weighted by molar-refractivity contribution is -0.146. The average Bonchev–Trinajstić information content (AvgIpc) is 2.29. The molecule has 0 aliphatic rings. The van der Waals surface area contributed by atoms with Crippen LogP contribution in [-0.2, 0) is 16.0 Å². The van der Waals surface area contributed by atoms with E-state index in [0.29, 0.717) is 5.25 Å². The molecule has 0 amide bonds. The molecule has 102 valence electrons. The molecule has 2 N–H and O–H groups in total. The highest BCUT2D eigenvalue weighted by Crippen LogP contribution is 2.05. The Kier molecular flexibility index (Phi) is 9.42. The van der Waals surface area contributed by atoms with E-state index in [1.165, 1.54) is 0 Å². The number of thiol groups is 1. The minimum absolute atomic E-state index is 0.0564. The van der Waals surface area contributed by atoms with Crippen LogP contribution >= 0.6 is 12.6 Å². The molecule has 0 saturated carbocycles. The summed E-state index contributed by atoms with van der Waals surface area (Å²) in [6.45, 7) is 5.87. The Morgan fingerprint density at radius 2 is 1.78 bits per heavy atom. The molecule has 0 radical (unpaired) electrons. The van der Waals surface area contributed by atoms with Gasteiger partial charge in [0.25, 0.3) is 0 Å². The summed E-state index contributed by atoms with van der Waals surface area (Å²) < 4.78 is 5.04. The van der Waals surface area contributed by atoms with Crippen molar-refractivity contribution in [2.45, 2.75) is 38.5 Å². The molecule has 18 heavy (non-hydrogen) atoms. The highest BCUT2D eigenvalue weighted by molar-refractivity contribution is 7.80. The molecular weight excluding hydrogens is 246 g/mol. The lowest BCUT2D eigenvalue weighted by atomic mass is 10.1. The Hall–Kier alpha value is -1.00. The Morgan fingerprint density at radius 3 is 2.22 bits per heavy atom. The number of carbonyl (C=O) groups excluding carboxylic acids is 1. The second-order valence-corrected chi connectivity index (χ2v) is 5.32. The number of ether oxygens (including phenoxy) is 1. The maximum Gasteiger partial charge on any atom is 0.319 e. The van der Waals surface area contributed by atoms with Gasteiger partial charge in [-0.1, -0.05) is 44.2 Å². The summed E-state index contributed by atoms with van der Waals surface area (Å²) in [7, 11) is 0. The number of benzene rings is 1. The van der Waals surface area contributed by atoms with Crippen LogP contribution in [0.5, 0.6) is 0 Å². The van der Waals surface area contributed by atoms with E-state index in [0.717, 1.165) is 12.0 Å². The van der Waals surface area contributed by atoms with Crippen molar-refractivity contribution in [3.05, 3.63) is 35.9 Å². The van der Waals surface area contributed by atoms with Crippen LogP contribution in [0.4, 0.5) is 0 Å². The van der Waals surface area contributed by atoms with E-state index < -0.39 is 0 Å². The Bertz CT molecular complexity index is 325. The summed E-state index contributed by atoms with van der Waals surface area (Å²) in [6.07, 6.45) is 0.612. The van der Waals surface area contributed by atoms with Gasteiger partial charge in [0.15, 0.2) is 0 Å². The second kappa shape index (κ2) is 9.97. The van der Waals surface area contributed by atoms with Gasteiger partial charge in [-0.15, -0.1) is 0 Å². The Balaban J connectivity index is 0.000000631. The molecule has 0 fully saturated rings. The van der Waals surface area contributed by atoms with Crippen LogP contribution in [0.1, 0.15) is 26.3 Å². The van der Waals surface area contributed by atoms with Crippen molar-refractivity contribution in [3.8, 4) is 0 Å². The molecule has 4 heteroatoms. The third-order valence-corrected chi connectivity index (χ3v) is 1.87. The van der Waals surface area contributed by atoms with Gasteiger partial charge in [0, 0.05) is 6.42 Å². The molecule has 1 atom stereocenters. The lowest BCUT2D eigenvalue weighted by Gasteiger charge is -2.12. The molecule has 3 nitrogen and oxygen atoms in total. The van der Waals surface area contributed by atoms with Gasteiger partial charge in [0.2, 0.25) is 0 Å². The van der Waals surface area contributed by atoms with E-state index in [2.05, 4.69) is 12.6 Å². The fourth-order valence-corrected chi connectivity index (χ4v) is 1.26. The van der Waals surface area contributed by atoms with Crippen molar-refractivity contribution < 1.29 is 9.53 Å². The van der Waals surface area contributed by atoms with E-state index in [-0.39, 0.29) is 18.6 Å². The zero-order valence-electron chi connectivity index (χ0n) is 11.3. The van der Waals surface area contributed by atoms with E-state index in [1.807, 2.05) is 51.1 Å². The normalized spacial score (nSPS) is 11.4. The lowest BCUT2D eigenvalue weighted by Crippen LogP contribution is -2.23. The molecule has 0 aliphatic carbocycles. The zero-order chi connectivity index (χ0) is 14.0.